The van der Waals surface area contributed by atoms with Crippen molar-refractivity contribution in [3.63, 3.8) is 0 Å². The average Bonchev–Trinajstić information content (AvgIpc) is 1.94. The molecule has 0 spiro atoms. The third-order valence-corrected chi connectivity index (χ3v) is 1.94. The van der Waals surface area contributed by atoms with E-state index in [1.54, 1.807) is 6.20 Å². The van der Waals surface area contributed by atoms with E-state index in [0.29, 0.717) is 5.82 Å². The van der Waals surface area contributed by atoms with Gasteiger partial charge in [0, 0.05) is 9.77 Å². The van der Waals surface area contributed by atoms with Crippen molar-refractivity contribution in [2.75, 3.05) is 5.73 Å². The summed E-state index contributed by atoms with van der Waals surface area (Å²) in [5, 5.41) is 0. The van der Waals surface area contributed by atoms with Crippen molar-refractivity contribution in [2.24, 2.45) is 0 Å². The molecule has 0 fully saturated rings. The molecule has 54 valence electrons. The van der Waals surface area contributed by atoms with Gasteiger partial charge in [-0.3, -0.25) is 0 Å². The Kier molecular flexibility index (Phi) is 2.48. The molecule has 1 rings (SSSR count). The van der Waals surface area contributed by atoms with Crippen molar-refractivity contribution >= 4 is 28.4 Å². The number of halogens is 1. The summed E-state index contributed by atoms with van der Waals surface area (Å²) in [6.45, 7) is 2.07. The predicted molar refractivity (Wildman–Crippen MR) is 50.7 cm³/mol. The minimum Gasteiger partial charge on any atom is -0.383 e. The van der Waals surface area contributed by atoms with Gasteiger partial charge in [-0.1, -0.05) is 6.92 Å². The van der Waals surface area contributed by atoms with E-state index < -0.39 is 0 Å². The summed E-state index contributed by atoms with van der Waals surface area (Å²) in [6.07, 6.45) is 2.73. The second kappa shape index (κ2) is 3.18. The normalized spacial score (nSPS) is 9.80. The third kappa shape index (κ3) is 1.59. The molecule has 0 saturated heterocycles. The molecule has 2 N–H and O–H groups in total. The van der Waals surface area contributed by atoms with Gasteiger partial charge in [0.2, 0.25) is 0 Å². The zero-order chi connectivity index (χ0) is 7.56. The molecule has 0 unspecified atom stereocenters. The highest BCUT2D eigenvalue weighted by molar-refractivity contribution is 14.1. The maximum absolute atomic E-state index is 5.59. The van der Waals surface area contributed by atoms with Crippen molar-refractivity contribution < 1.29 is 0 Å². The van der Waals surface area contributed by atoms with Crippen LogP contribution in [0.25, 0.3) is 0 Å². The van der Waals surface area contributed by atoms with E-state index in [1.165, 1.54) is 0 Å². The molecular weight excluding hydrogens is 239 g/mol. The van der Waals surface area contributed by atoms with Gasteiger partial charge < -0.3 is 5.73 Å². The molecule has 2 nitrogen and oxygen atoms in total. The Labute approximate surface area is 74.0 Å². The summed E-state index contributed by atoms with van der Waals surface area (Å²) >= 11 is 2.23. The highest BCUT2D eigenvalue weighted by Gasteiger charge is 1.96. The predicted octanol–water partition coefficient (Wildman–Crippen LogP) is 1.83. The first-order chi connectivity index (χ1) is 4.74. The van der Waals surface area contributed by atoms with Crippen LogP contribution >= 0.6 is 22.6 Å². The van der Waals surface area contributed by atoms with Crippen molar-refractivity contribution in [1.82, 2.24) is 4.98 Å². The lowest BCUT2D eigenvalue weighted by Gasteiger charge is -2.00. The maximum atomic E-state index is 5.59. The van der Waals surface area contributed by atoms with Gasteiger partial charge in [-0.25, -0.2) is 4.98 Å². The molecule has 1 aromatic heterocycles. The van der Waals surface area contributed by atoms with Crippen LogP contribution in [-0.2, 0) is 6.42 Å². The molecule has 0 amide bonds. The lowest BCUT2D eigenvalue weighted by Crippen LogP contribution is -1.96. The molecular formula is C7H9IN2. The van der Waals surface area contributed by atoms with Crippen LogP contribution in [0, 0.1) is 3.57 Å². The molecule has 0 bridgehead atoms. The van der Waals surface area contributed by atoms with Crippen LogP contribution in [0.2, 0.25) is 0 Å². The van der Waals surface area contributed by atoms with E-state index in [9.17, 15) is 0 Å². The van der Waals surface area contributed by atoms with Crippen molar-refractivity contribution in [1.29, 1.82) is 0 Å². The quantitative estimate of drug-likeness (QED) is 0.770. The van der Waals surface area contributed by atoms with Crippen LogP contribution in [0.5, 0.6) is 0 Å². The molecule has 0 atom stereocenters. The SMILES string of the molecule is CCc1cc(I)cnc1N. The fourth-order valence-electron chi connectivity index (χ4n) is 0.775. The number of nitrogens with two attached hydrogens (primary N) is 1. The number of anilines is 1. The number of hydrogen-bond acceptors (Lipinski definition) is 2. The minimum atomic E-state index is 0.655. The molecule has 0 aliphatic rings. The number of nitrogen functional groups attached to an aromatic ring is 1. The Morgan fingerprint density at radius 2 is 2.40 bits per heavy atom. The van der Waals surface area contributed by atoms with E-state index in [0.717, 1.165) is 15.6 Å². The first-order valence-electron chi connectivity index (χ1n) is 3.14. The molecule has 0 aromatic carbocycles. The van der Waals surface area contributed by atoms with Gasteiger partial charge in [-0.15, -0.1) is 0 Å². The van der Waals surface area contributed by atoms with E-state index in [1.807, 2.05) is 0 Å². The van der Waals surface area contributed by atoms with Crippen LogP contribution < -0.4 is 5.73 Å². The second-order valence-corrected chi connectivity index (χ2v) is 3.30. The van der Waals surface area contributed by atoms with Crippen molar-refractivity contribution in [3.8, 4) is 0 Å². The molecule has 0 aliphatic heterocycles. The Bertz CT molecular complexity index is 235. The summed E-state index contributed by atoms with van der Waals surface area (Å²) in [4.78, 5) is 4.02. The zero-order valence-electron chi connectivity index (χ0n) is 5.76. The van der Waals surface area contributed by atoms with Gasteiger partial charge in [0.25, 0.3) is 0 Å². The highest BCUT2D eigenvalue weighted by atomic mass is 127. The van der Waals surface area contributed by atoms with Gasteiger partial charge >= 0.3 is 0 Å². The molecule has 1 aromatic rings. The molecule has 1 heterocycles. The van der Waals surface area contributed by atoms with Gasteiger partial charge in [-0.05, 0) is 40.6 Å². The summed E-state index contributed by atoms with van der Waals surface area (Å²) in [6, 6.07) is 2.06. The largest absolute Gasteiger partial charge is 0.383 e. The monoisotopic (exact) mass is 248 g/mol. The number of aryl methyl sites for hydroxylation is 1. The first kappa shape index (κ1) is 7.78. The topological polar surface area (TPSA) is 38.9 Å². The smallest absolute Gasteiger partial charge is 0.126 e. The Balaban J connectivity index is 3.09. The van der Waals surface area contributed by atoms with Crippen LogP contribution in [0.3, 0.4) is 0 Å². The van der Waals surface area contributed by atoms with Gasteiger partial charge in [0.05, 0.1) is 0 Å². The van der Waals surface area contributed by atoms with E-state index in [-0.39, 0.29) is 0 Å². The number of aromatic nitrogens is 1. The fourth-order valence-corrected chi connectivity index (χ4v) is 1.29. The third-order valence-electron chi connectivity index (χ3n) is 1.35. The minimum absolute atomic E-state index is 0.655. The maximum Gasteiger partial charge on any atom is 0.126 e. The Morgan fingerprint density at radius 3 is 2.90 bits per heavy atom. The first-order valence-corrected chi connectivity index (χ1v) is 4.21. The Morgan fingerprint density at radius 1 is 1.70 bits per heavy atom. The number of pyridine rings is 1. The molecule has 10 heavy (non-hydrogen) atoms. The summed E-state index contributed by atoms with van der Waals surface area (Å²) in [5.41, 5.74) is 6.72. The summed E-state index contributed by atoms with van der Waals surface area (Å²) in [5.74, 6) is 0.655. The van der Waals surface area contributed by atoms with Crippen LogP contribution in [-0.4, -0.2) is 4.98 Å². The average molecular weight is 248 g/mol. The lowest BCUT2D eigenvalue weighted by atomic mass is 10.2. The van der Waals surface area contributed by atoms with Crippen molar-refractivity contribution in [2.45, 2.75) is 13.3 Å². The van der Waals surface area contributed by atoms with Crippen LogP contribution in [0.1, 0.15) is 12.5 Å². The summed E-state index contributed by atoms with van der Waals surface area (Å²) in [7, 11) is 0. The molecule has 0 saturated carbocycles. The lowest BCUT2D eigenvalue weighted by molar-refractivity contribution is 1.11. The number of nitrogens with zero attached hydrogens (tertiary/aromatic N) is 1. The zero-order valence-corrected chi connectivity index (χ0v) is 7.92. The van der Waals surface area contributed by atoms with Gasteiger partial charge in [0.15, 0.2) is 0 Å². The number of hydrogen-bond donors (Lipinski definition) is 1. The standard InChI is InChI=1S/C7H9IN2/c1-2-5-3-6(8)4-10-7(5)9/h3-4H,2H2,1H3,(H2,9,10). The highest BCUT2D eigenvalue weighted by Crippen LogP contribution is 2.12. The van der Waals surface area contributed by atoms with E-state index in [4.69, 9.17) is 5.73 Å². The Hall–Kier alpha value is -0.320. The molecule has 0 aliphatic carbocycles. The van der Waals surface area contributed by atoms with Crippen molar-refractivity contribution in [3.05, 3.63) is 21.4 Å². The second-order valence-electron chi connectivity index (χ2n) is 2.05. The summed E-state index contributed by atoms with van der Waals surface area (Å²) < 4.78 is 1.14. The number of rotatable bonds is 1. The van der Waals surface area contributed by atoms with E-state index >= 15 is 0 Å². The van der Waals surface area contributed by atoms with Crippen LogP contribution in [0.15, 0.2) is 12.3 Å². The molecule has 3 heteroatoms. The molecule has 0 radical (unpaired) electrons. The van der Waals surface area contributed by atoms with Crippen LogP contribution in [0.4, 0.5) is 5.82 Å². The van der Waals surface area contributed by atoms with E-state index in [2.05, 4.69) is 40.6 Å². The van der Waals surface area contributed by atoms with Gasteiger partial charge in [0.1, 0.15) is 5.82 Å². The fraction of sp³-hybridized carbons (Fsp3) is 0.286. The van der Waals surface area contributed by atoms with Gasteiger partial charge in [-0.2, -0.15) is 0 Å².